The molecule has 0 saturated carbocycles. The van der Waals surface area contributed by atoms with Crippen molar-refractivity contribution < 1.29 is 4.79 Å². The number of hydrogen-bond donors (Lipinski definition) is 0. The molecule has 0 N–H and O–H groups in total. The molecule has 0 unspecified atom stereocenters. The summed E-state index contributed by atoms with van der Waals surface area (Å²) >= 11 is 6.66. The maximum Gasteiger partial charge on any atom is 0.273 e. The van der Waals surface area contributed by atoms with Crippen LogP contribution in [0.4, 0.5) is 0 Å². The Morgan fingerprint density at radius 3 is 2.71 bits per heavy atom. The van der Waals surface area contributed by atoms with Crippen molar-refractivity contribution in [2.24, 2.45) is 0 Å². The Labute approximate surface area is 196 Å². The fourth-order valence-electron chi connectivity index (χ4n) is 3.65. The van der Waals surface area contributed by atoms with Crippen molar-refractivity contribution >= 4 is 44.5 Å². The lowest BCUT2D eigenvalue weighted by Crippen LogP contribution is -2.38. The molecule has 156 valence electrons. The van der Waals surface area contributed by atoms with Crippen molar-refractivity contribution in [2.75, 3.05) is 13.1 Å². The molecule has 31 heavy (non-hydrogen) atoms. The van der Waals surface area contributed by atoms with Crippen LogP contribution < -0.4 is 0 Å². The molecule has 0 bridgehead atoms. The van der Waals surface area contributed by atoms with Gasteiger partial charge in [0.05, 0.1) is 16.9 Å². The number of amides is 1. The van der Waals surface area contributed by atoms with Crippen LogP contribution in [0.15, 0.2) is 58.1 Å². The van der Waals surface area contributed by atoms with Gasteiger partial charge in [0.15, 0.2) is 0 Å². The number of carbonyl (C=O) groups excluding carboxylic acids is 1. The van der Waals surface area contributed by atoms with Crippen LogP contribution in [0.1, 0.15) is 34.3 Å². The van der Waals surface area contributed by atoms with Crippen LogP contribution in [0.2, 0.25) is 0 Å². The van der Waals surface area contributed by atoms with E-state index in [9.17, 15) is 4.79 Å². The molecule has 1 aromatic carbocycles. The second kappa shape index (κ2) is 8.94. The number of piperidine rings is 1. The number of thiazole rings is 2. The van der Waals surface area contributed by atoms with Crippen molar-refractivity contribution in [1.29, 1.82) is 0 Å². The number of hydrogen-bond acceptors (Lipinski definition) is 7. The molecular weight excluding hydrogens is 494 g/mol. The van der Waals surface area contributed by atoms with Crippen LogP contribution in [0.25, 0.3) is 22.0 Å². The summed E-state index contributed by atoms with van der Waals surface area (Å²) in [6.07, 6.45) is 6.74. The first-order chi connectivity index (χ1) is 15.2. The van der Waals surface area contributed by atoms with Gasteiger partial charge in [0.2, 0.25) is 0 Å². The Hall–Kier alpha value is -2.49. The van der Waals surface area contributed by atoms with E-state index in [4.69, 9.17) is 4.98 Å². The minimum absolute atomic E-state index is 0.0150. The van der Waals surface area contributed by atoms with E-state index in [-0.39, 0.29) is 5.91 Å². The highest BCUT2D eigenvalue weighted by atomic mass is 79.9. The van der Waals surface area contributed by atoms with Gasteiger partial charge < -0.3 is 4.90 Å². The summed E-state index contributed by atoms with van der Waals surface area (Å²) in [5.74, 6) is 0.374. The van der Waals surface area contributed by atoms with Crippen molar-refractivity contribution in [3.8, 4) is 22.0 Å². The number of carbonyl (C=O) groups is 1. The molecule has 0 atom stereocenters. The lowest BCUT2D eigenvalue weighted by molar-refractivity contribution is 0.0708. The molecule has 9 heteroatoms. The molecule has 4 aromatic rings. The topological polar surface area (TPSA) is 71.9 Å². The third-order valence-corrected chi connectivity index (χ3v) is 7.64. The van der Waals surface area contributed by atoms with Gasteiger partial charge in [-0.3, -0.25) is 14.8 Å². The van der Waals surface area contributed by atoms with Gasteiger partial charge in [0.1, 0.15) is 16.4 Å². The fourth-order valence-corrected chi connectivity index (χ4v) is 5.80. The third kappa shape index (κ3) is 4.44. The second-order valence-electron chi connectivity index (χ2n) is 7.28. The van der Waals surface area contributed by atoms with Gasteiger partial charge in [-0.1, -0.05) is 28.1 Å². The first-order valence-electron chi connectivity index (χ1n) is 9.90. The summed E-state index contributed by atoms with van der Waals surface area (Å²) in [4.78, 5) is 32.5. The number of nitrogens with zero attached hydrogens (tertiary/aromatic N) is 5. The zero-order chi connectivity index (χ0) is 21.2. The molecular formula is C22H18BrN5OS2. The molecule has 6 nitrogen and oxygen atoms in total. The first-order valence-corrected chi connectivity index (χ1v) is 12.4. The highest BCUT2D eigenvalue weighted by Gasteiger charge is 2.27. The van der Waals surface area contributed by atoms with Gasteiger partial charge in [-0.25, -0.2) is 9.97 Å². The largest absolute Gasteiger partial charge is 0.337 e. The molecule has 1 aliphatic rings. The zero-order valence-electron chi connectivity index (χ0n) is 16.4. The number of rotatable bonds is 4. The molecule has 3 aromatic heterocycles. The second-order valence-corrected chi connectivity index (χ2v) is 9.94. The predicted octanol–water partition coefficient (Wildman–Crippen LogP) is 5.51. The highest BCUT2D eigenvalue weighted by molar-refractivity contribution is 9.10. The minimum Gasteiger partial charge on any atom is -0.337 e. The van der Waals surface area contributed by atoms with Gasteiger partial charge in [0, 0.05) is 52.2 Å². The average molecular weight is 512 g/mol. The third-order valence-electron chi connectivity index (χ3n) is 5.28. The highest BCUT2D eigenvalue weighted by Crippen LogP contribution is 2.34. The standard InChI is InChI=1S/C22H18BrN5OS2/c23-16-3-1-2-15(10-16)18-12-30-20(26-18)14-4-8-28(9-5-14)22(29)19-13-31-21(27-19)17-11-24-6-7-25-17/h1-3,6-7,10-14H,4-5,8-9H2. The van der Waals surface area contributed by atoms with Crippen molar-refractivity contribution in [1.82, 2.24) is 24.8 Å². The Morgan fingerprint density at radius 1 is 1.06 bits per heavy atom. The monoisotopic (exact) mass is 511 g/mol. The van der Waals surface area contributed by atoms with E-state index in [1.165, 1.54) is 11.3 Å². The number of likely N-dealkylation sites (tertiary alicyclic amines) is 1. The average Bonchev–Trinajstić information content (AvgIpc) is 3.50. The number of benzene rings is 1. The van der Waals surface area contributed by atoms with Crippen LogP contribution in [0.5, 0.6) is 0 Å². The number of aromatic nitrogens is 4. The SMILES string of the molecule is O=C(c1csc(-c2cnccn2)n1)N1CCC(c2nc(-c3cccc(Br)c3)cs2)CC1. The van der Waals surface area contributed by atoms with Crippen LogP contribution in [-0.2, 0) is 0 Å². The lowest BCUT2D eigenvalue weighted by atomic mass is 9.97. The van der Waals surface area contributed by atoms with E-state index >= 15 is 0 Å². The lowest BCUT2D eigenvalue weighted by Gasteiger charge is -2.30. The molecule has 1 aliphatic heterocycles. The quantitative estimate of drug-likeness (QED) is 0.361. The van der Waals surface area contributed by atoms with Gasteiger partial charge in [0.25, 0.3) is 5.91 Å². The van der Waals surface area contributed by atoms with Crippen molar-refractivity contribution in [3.63, 3.8) is 0 Å². The summed E-state index contributed by atoms with van der Waals surface area (Å²) in [5.41, 5.74) is 3.30. The van der Waals surface area contributed by atoms with E-state index in [2.05, 4.69) is 48.4 Å². The van der Waals surface area contributed by atoms with Crippen LogP contribution in [0.3, 0.4) is 0 Å². The van der Waals surface area contributed by atoms with E-state index in [0.717, 1.165) is 33.6 Å². The fraction of sp³-hybridized carbons (Fsp3) is 0.227. The number of halogens is 1. The van der Waals surface area contributed by atoms with Crippen LogP contribution >= 0.6 is 38.6 Å². The van der Waals surface area contributed by atoms with Gasteiger partial charge in [-0.05, 0) is 25.0 Å². The van der Waals surface area contributed by atoms with E-state index in [1.54, 1.807) is 29.9 Å². The Bertz CT molecular complexity index is 1200. The zero-order valence-corrected chi connectivity index (χ0v) is 19.7. The Kier molecular flexibility index (Phi) is 5.89. The molecule has 0 radical (unpaired) electrons. The summed E-state index contributed by atoms with van der Waals surface area (Å²) in [5, 5.41) is 5.80. The smallest absolute Gasteiger partial charge is 0.273 e. The maximum atomic E-state index is 12.9. The van der Waals surface area contributed by atoms with Gasteiger partial charge >= 0.3 is 0 Å². The molecule has 5 rings (SSSR count). The van der Waals surface area contributed by atoms with Gasteiger partial charge in [-0.2, -0.15) is 0 Å². The molecule has 1 saturated heterocycles. The minimum atomic E-state index is -0.0150. The Morgan fingerprint density at radius 2 is 1.94 bits per heavy atom. The van der Waals surface area contributed by atoms with E-state index < -0.39 is 0 Å². The summed E-state index contributed by atoms with van der Waals surface area (Å²) in [6, 6.07) is 8.20. The molecule has 1 amide bonds. The molecule has 0 spiro atoms. The van der Waals surface area contributed by atoms with E-state index in [0.29, 0.717) is 35.4 Å². The maximum absolute atomic E-state index is 12.9. The molecule has 0 aliphatic carbocycles. The van der Waals surface area contributed by atoms with Crippen molar-refractivity contribution in [2.45, 2.75) is 18.8 Å². The molecule has 1 fully saturated rings. The summed E-state index contributed by atoms with van der Waals surface area (Å²) < 4.78 is 1.05. The first kappa shape index (κ1) is 20.4. The summed E-state index contributed by atoms with van der Waals surface area (Å²) in [7, 11) is 0. The predicted molar refractivity (Wildman–Crippen MR) is 126 cm³/mol. The molecule has 4 heterocycles. The van der Waals surface area contributed by atoms with Crippen molar-refractivity contribution in [3.05, 3.63) is 68.8 Å². The van der Waals surface area contributed by atoms with E-state index in [1.807, 2.05) is 22.4 Å². The Balaban J connectivity index is 1.23. The van der Waals surface area contributed by atoms with Crippen LogP contribution in [-0.4, -0.2) is 43.8 Å². The van der Waals surface area contributed by atoms with Gasteiger partial charge in [-0.15, -0.1) is 22.7 Å². The summed E-state index contributed by atoms with van der Waals surface area (Å²) in [6.45, 7) is 1.43. The van der Waals surface area contributed by atoms with Crippen LogP contribution in [0, 0.1) is 0 Å². The normalized spacial score (nSPS) is 14.7.